The van der Waals surface area contributed by atoms with Crippen molar-refractivity contribution in [3.05, 3.63) is 59.4 Å². The van der Waals surface area contributed by atoms with Crippen LogP contribution in [0.1, 0.15) is 23.7 Å². The maximum absolute atomic E-state index is 13.5. The molecule has 6 heteroatoms. The van der Waals surface area contributed by atoms with E-state index >= 15 is 0 Å². The van der Waals surface area contributed by atoms with Crippen molar-refractivity contribution >= 4 is 5.91 Å². The fourth-order valence-electron chi connectivity index (χ4n) is 2.43. The van der Waals surface area contributed by atoms with Crippen molar-refractivity contribution in [2.45, 2.75) is 18.9 Å². The minimum absolute atomic E-state index is 0.0611. The molecule has 0 bridgehead atoms. The van der Waals surface area contributed by atoms with Crippen molar-refractivity contribution in [3.63, 3.8) is 0 Å². The van der Waals surface area contributed by atoms with Crippen LogP contribution >= 0.6 is 0 Å². The third kappa shape index (κ3) is 5.19. The van der Waals surface area contributed by atoms with Crippen molar-refractivity contribution in [1.82, 2.24) is 5.32 Å². The molecule has 25 heavy (non-hydrogen) atoms. The van der Waals surface area contributed by atoms with E-state index in [2.05, 4.69) is 5.32 Å². The molecule has 5 nitrogen and oxygen atoms in total. The lowest BCUT2D eigenvalue weighted by atomic mass is 10.1. The second-order valence-electron chi connectivity index (χ2n) is 5.53. The molecule has 134 valence electrons. The summed E-state index contributed by atoms with van der Waals surface area (Å²) in [4.78, 5) is 11.9. The van der Waals surface area contributed by atoms with Gasteiger partial charge in [0.05, 0.1) is 20.3 Å². The molecular formula is C19H22FNO4. The van der Waals surface area contributed by atoms with Crippen LogP contribution in [0.25, 0.3) is 0 Å². The van der Waals surface area contributed by atoms with E-state index in [4.69, 9.17) is 9.47 Å². The van der Waals surface area contributed by atoms with Gasteiger partial charge in [0, 0.05) is 13.0 Å². The molecule has 1 atom stereocenters. The molecule has 0 spiro atoms. The van der Waals surface area contributed by atoms with Gasteiger partial charge in [-0.2, -0.15) is 0 Å². The zero-order chi connectivity index (χ0) is 18.2. The molecule has 2 aromatic carbocycles. The lowest BCUT2D eigenvalue weighted by Gasteiger charge is -2.15. The summed E-state index contributed by atoms with van der Waals surface area (Å²) < 4.78 is 23.9. The predicted molar refractivity (Wildman–Crippen MR) is 92.2 cm³/mol. The highest BCUT2D eigenvalue weighted by atomic mass is 19.1. The number of aryl methyl sites for hydroxylation is 1. The van der Waals surface area contributed by atoms with E-state index in [0.717, 1.165) is 0 Å². The van der Waals surface area contributed by atoms with Crippen molar-refractivity contribution in [3.8, 4) is 11.5 Å². The number of carbonyl (C=O) groups excluding carboxylic acids is 1. The molecule has 0 aliphatic rings. The molecule has 0 unspecified atom stereocenters. The predicted octanol–water partition coefficient (Wildman–Crippen LogP) is 2.63. The highest BCUT2D eigenvalue weighted by Crippen LogP contribution is 2.29. The molecule has 0 radical (unpaired) electrons. The summed E-state index contributed by atoms with van der Waals surface area (Å²) in [6, 6.07) is 11.4. The summed E-state index contributed by atoms with van der Waals surface area (Å²) in [5.41, 5.74) is 1.10. The van der Waals surface area contributed by atoms with Crippen LogP contribution in [0.3, 0.4) is 0 Å². The van der Waals surface area contributed by atoms with Gasteiger partial charge >= 0.3 is 0 Å². The van der Waals surface area contributed by atoms with Crippen LogP contribution in [0.15, 0.2) is 42.5 Å². The van der Waals surface area contributed by atoms with Gasteiger partial charge in [-0.25, -0.2) is 4.39 Å². The number of carbonyl (C=O) groups is 1. The number of aliphatic hydroxyl groups is 1. The Hall–Kier alpha value is -2.60. The first kappa shape index (κ1) is 18.7. The SMILES string of the molecule is COc1ccc([C@H](O)CNC(=O)CCc2ccccc2F)cc1OC. The second-order valence-corrected chi connectivity index (χ2v) is 5.53. The molecule has 1 amide bonds. The van der Waals surface area contributed by atoms with Gasteiger partial charge in [-0.1, -0.05) is 24.3 Å². The lowest BCUT2D eigenvalue weighted by Crippen LogP contribution is -2.28. The van der Waals surface area contributed by atoms with Crippen molar-refractivity contribution < 1.29 is 23.8 Å². The van der Waals surface area contributed by atoms with Gasteiger partial charge in [0.1, 0.15) is 5.82 Å². The van der Waals surface area contributed by atoms with E-state index in [-0.39, 0.29) is 24.7 Å². The van der Waals surface area contributed by atoms with Crippen molar-refractivity contribution in [1.29, 1.82) is 0 Å². The number of ether oxygens (including phenoxy) is 2. The monoisotopic (exact) mass is 347 g/mol. The summed E-state index contributed by atoms with van der Waals surface area (Å²) in [5, 5.41) is 12.9. The number of rotatable bonds is 8. The molecule has 0 aromatic heterocycles. The number of benzene rings is 2. The second kappa shape index (κ2) is 9.03. The van der Waals surface area contributed by atoms with E-state index in [1.54, 1.807) is 36.4 Å². The normalized spacial score (nSPS) is 11.7. The molecule has 0 fully saturated rings. The first-order valence-corrected chi connectivity index (χ1v) is 7.95. The number of halogens is 1. The Morgan fingerprint density at radius 3 is 2.56 bits per heavy atom. The molecule has 2 aromatic rings. The maximum Gasteiger partial charge on any atom is 0.220 e. The third-order valence-electron chi connectivity index (χ3n) is 3.86. The van der Waals surface area contributed by atoms with Crippen LogP contribution < -0.4 is 14.8 Å². The molecular weight excluding hydrogens is 325 g/mol. The topological polar surface area (TPSA) is 67.8 Å². The Morgan fingerprint density at radius 1 is 1.16 bits per heavy atom. The number of amides is 1. The molecule has 2 rings (SSSR count). The van der Waals surface area contributed by atoms with E-state index in [1.165, 1.54) is 20.3 Å². The average molecular weight is 347 g/mol. The van der Waals surface area contributed by atoms with Crippen LogP contribution in [0.4, 0.5) is 4.39 Å². The number of methoxy groups -OCH3 is 2. The largest absolute Gasteiger partial charge is 0.493 e. The minimum atomic E-state index is -0.878. The molecule has 0 heterocycles. The number of aliphatic hydroxyl groups excluding tert-OH is 1. The zero-order valence-electron chi connectivity index (χ0n) is 14.3. The number of nitrogens with one attached hydrogen (secondary N) is 1. The summed E-state index contributed by atoms with van der Waals surface area (Å²) >= 11 is 0. The molecule has 0 saturated heterocycles. The standard InChI is InChI=1S/C19H22FNO4/c1-24-17-9-7-14(11-18(17)25-2)16(22)12-21-19(23)10-8-13-5-3-4-6-15(13)20/h3-7,9,11,16,22H,8,10,12H2,1-2H3,(H,21,23)/t16-/m1/s1. The Kier molecular flexibility index (Phi) is 6.77. The Balaban J connectivity index is 1.86. The first-order chi connectivity index (χ1) is 12.0. The minimum Gasteiger partial charge on any atom is -0.493 e. The molecule has 0 aliphatic carbocycles. The van der Waals surface area contributed by atoms with Crippen molar-refractivity contribution in [2.24, 2.45) is 0 Å². The summed E-state index contributed by atoms with van der Waals surface area (Å²) in [6.07, 6.45) is -0.415. The fourth-order valence-corrected chi connectivity index (χ4v) is 2.43. The highest BCUT2D eigenvalue weighted by molar-refractivity contribution is 5.76. The summed E-state index contributed by atoms with van der Waals surface area (Å²) in [7, 11) is 3.04. The van der Waals surface area contributed by atoms with Crippen LogP contribution in [-0.2, 0) is 11.2 Å². The highest BCUT2D eigenvalue weighted by Gasteiger charge is 2.13. The van der Waals surface area contributed by atoms with E-state index in [9.17, 15) is 14.3 Å². The fraction of sp³-hybridized carbons (Fsp3) is 0.316. The van der Waals surface area contributed by atoms with Crippen LogP contribution in [0.5, 0.6) is 11.5 Å². The quantitative estimate of drug-likeness (QED) is 0.770. The van der Waals surface area contributed by atoms with E-state index in [1.807, 2.05) is 0 Å². The molecule has 0 saturated carbocycles. The van der Waals surface area contributed by atoms with Gasteiger partial charge in [0.2, 0.25) is 5.91 Å². The van der Waals surface area contributed by atoms with Crippen LogP contribution in [0, 0.1) is 5.82 Å². The first-order valence-electron chi connectivity index (χ1n) is 7.95. The third-order valence-corrected chi connectivity index (χ3v) is 3.86. The lowest BCUT2D eigenvalue weighted by molar-refractivity contribution is -0.121. The van der Waals surface area contributed by atoms with Gasteiger partial charge in [-0.15, -0.1) is 0 Å². The average Bonchev–Trinajstić information content (AvgIpc) is 2.64. The Bertz CT molecular complexity index is 720. The van der Waals surface area contributed by atoms with E-state index < -0.39 is 6.10 Å². The Morgan fingerprint density at radius 2 is 1.88 bits per heavy atom. The summed E-state index contributed by atoms with van der Waals surface area (Å²) in [5.74, 6) is 0.501. The van der Waals surface area contributed by atoms with Gasteiger partial charge in [-0.3, -0.25) is 4.79 Å². The van der Waals surface area contributed by atoms with Gasteiger partial charge in [0.15, 0.2) is 11.5 Å². The van der Waals surface area contributed by atoms with Gasteiger partial charge < -0.3 is 19.9 Å². The van der Waals surface area contributed by atoms with Gasteiger partial charge in [-0.05, 0) is 35.7 Å². The van der Waals surface area contributed by atoms with Crippen molar-refractivity contribution in [2.75, 3.05) is 20.8 Å². The number of hydrogen-bond acceptors (Lipinski definition) is 4. The van der Waals surface area contributed by atoms with Gasteiger partial charge in [0.25, 0.3) is 0 Å². The smallest absolute Gasteiger partial charge is 0.220 e. The van der Waals surface area contributed by atoms with Crippen LogP contribution in [-0.4, -0.2) is 31.8 Å². The van der Waals surface area contributed by atoms with Crippen LogP contribution in [0.2, 0.25) is 0 Å². The number of hydrogen-bond donors (Lipinski definition) is 2. The maximum atomic E-state index is 13.5. The summed E-state index contributed by atoms with van der Waals surface area (Å²) in [6.45, 7) is 0.0611. The molecule has 2 N–H and O–H groups in total. The Labute approximate surface area is 146 Å². The zero-order valence-corrected chi connectivity index (χ0v) is 14.3. The molecule has 0 aliphatic heterocycles. The van der Waals surface area contributed by atoms with E-state index in [0.29, 0.717) is 29.0 Å².